The summed E-state index contributed by atoms with van der Waals surface area (Å²) in [4.78, 5) is 0. The molecule has 0 aromatic heterocycles. The number of ether oxygens (including phenoxy) is 2. The smallest absolute Gasteiger partial charge is 0.187 e. The van der Waals surface area contributed by atoms with Crippen LogP contribution in [0.5, 0.6) is 0 Å². The molecule has 1 aliphatic heterocycles. The van der Waals surface area contributed by atoms with Crippen molar-refractivity contribution in [2.24, 2.45) is 45.3 Å². The first-order valence-corrected chi connectivity index (χ1v) is 17.5. The largest absolute Gasteiger partial charge is 0.396 e. The summed E-state index contributed by atoms with van der Waals surface area (Å²) in [5.41, 5.74) is -0.983. The van der Waals surface area contributed by atoms with Crippen LogP contribution in [-0.4, -0.2) is 97.5 Å². The molecule has 4 aliphatic carbocycles. The topological polar surface area (TPSA) is 160 Å². The third kappa shape index (κ3) is 5.39. The lowest BCUT2D eigenvalue weighted by molar-refractivity contribution is -0.335. The molecule has 0 bridgehead atoms. The monoisotopic (exact) mass is 638 g/mol. The molecular formula is C36H62O9. The van der Waals surface area contributed by atoms with Crippen molar-refractivity contribution >= 4 is 0 Å². The fraction of sp³-hybridized carbons (Fsp3) is 0.944. The van der Waals surface area contributed by atoms with Crippen LogP contribution in [0, 0.1) is 45.3 Å². The van der Waals surface area contributed by atoms with E-state index in [1.165, 1.54) is 5.57 Å². The molecule has 45 heavy (non-hydrogen) atoms. The Morgan fingerprint density at radius 2 is 1.60 bits per heavy atom. The maximum Gasteiger partial charge on any atom is 0.187 e. The van der Waals surface area contributed by atoms with Crippen LogP contribution in [0.25, 0.3) is 0 Å². The molecule has 0 radical (unpaired) electrons. The highest BCUT2D eigenvalue weighted by atomic mass is 16.7. The second kappa shape index (κ2) is 12.4. The third-order valence-corrected chi connectivity index (χ3v) is 14.4. The van der Waals surface area contributed by atoms with Crippen LogP contribution < -0.4 is 0 Å². The van der Waals surface area contributed by atoms with Crippen molar-refractivity contribution < 1.29 is 45.2 Å². The Balaban J connectivity index is 1.50. The summed E-state index contributed by atoms with van der Waals surface area (Å²) in [6, 6.07) is 0. The lowest BCUT2D eigenvalue weighted by Crippen LogP contribution is -2.69. The van der Waals surface area contributed by atoms with E-state index in [2.05, 4.69) is 54.5 Å². The van der Waals surface area contributed by atoms with Gasteiger partial charge in [-0.3, -0.25) is 0 Å². The Morgan fingerprint density at radius 1 is 0.911 bits per heavy atom. The summed E-state index contributed by atoms with van der Waals surface area (Å²) in [7, 11) is 0. The molecule has 9 heteroatoms. The molecule has 15 atom stereocenters. The van der Waals surface area contributed by atoms with Crippen LogP contribution in [0.4, 0.5) is 0 Å². The van der Waals surface area contributed by atoms with Crippen LogP contribution in [0.3, 0.4) is 0 Å². The number of allylic oxidation sites excluding steroid dienone is 2. The standard InChI is InChI=1S/C36H62O9/c1-20(2)9-8-14-35(7,45-31-29(43)28(42)27(41)24(18-37)44-31)22-12-16-34(6)21(22)10-11-25-33(5)15-13-26(40)32(3,4)30(33)23(39)17-36(25,34)19-38/h9,21-31,37-43H,8,10-19H2,1-7H3/t21-,22+,23+,24+,25-,26+,27+,28-,29+,30+,31-,33-,34-,35+,36+/m1/s1. The Kier molecular flexibility index (Phi) is 9.80. The van der Waals surface area contributed by atoms with Crippen molar-refractivity contribution in [2.75, 3.05) is 13.2 Å². The van der Waals surface area contributed by atoms with Gasteiger partial charge >= 0.3 is 0 Å². The normalized spacial score (nSPS) is 50.6. The van der Waals surface area contributed by atoms with Crippen LogP contribution >= 0.6 is 0 Å². The molecule has 4 saturated carbocycles. The third-order valence-electron chi connectivity index (χ3n) is 14.4. The van der Waals surface area contributed by atoms with E-state index in [1.54, 1.807) is 0 Å². The number of hydrogen-bond donors (Lipinski definition) is 7. The van der Waals surface area contributed by atoms with Gasteiger partial charge in [-0.2, -0.15) is 0 Å². The van der Waals surface area contributed by atoms with E-state index in [1.807, 2.05) is 0 Å². The van der Waals surface area contributed by atoms with Crippen molar-refractivity contribution in [3.63, 3.8) is 0 Å². The van der Waals surface area contributed by atoms with Gasteiger partial charge in [-0.1, -0.05) is 39.3 Å². The number of hydrogen-bond acceptors (Lipinski definition) is 9. The molecule has 1 heterocycles. The molecule has 5 aliphatic rings. The minimum absolute atomic E-state index is 0.00177. The summed E-state index contributed by atoms with van der Waals surface area (Å²) < 4.78 is 12.6. The Labute approximate surface area is 270 Å². The highest BCUT2D eigenvalue weighted by Crippen LogP contribution is 2.76. The molecule has 1 saturated heterocycles. The van der Waals surface area contributed by atoms with Gasteiger partial charge in [-0.25, -0.2) is 0 Å². The van der Waals surface area contributed by atoms with E-state index in [0.717, 1.165) is 38.5 Å². The number of rotatable bonds is 8. The van der Waals surface area contributed by atoms with E-state index in [0.29, 0.717) is 19.3 Å². The van der Waals surface area contributed by atoms with Gasteiger partial charge in [0.05, 0.1) is 24.4 Å². The predicted molar refractivity (Wildman–Crippen MR) is 170 cm³/mol. The van der Waals surface area contributed by atoms with Gasteiger partial charge < -0.3 is 45.2 Å². The molecule has 5 rings (SSSR count). The zero-order valence-corrected chi connectivity index (χ0v) is 28.7. The molecule has 0 spiro atoms. The van der Waals surface area contributed by atoms with Crippen molar-refractivity contribution in [1.82, 2.24) is 0 Å². The number of aliphatic hydroxyl groups is 7. The van der Waals surface area contributed by atoms with Crippen molar-refractivity contribution in [3.8, 4) is 0 Å². The predicted octanol–water partition coefficient (Wildman–Crippen LogP) is 3.30. The summed E-state index contributed by atoms with van der Waals surface area (Å²) in [6.07, 6.45) is 1.38. The molecule has 0 amide bonds. The van der Waals surface area contributed by atoms with Gasteiger partial charge in [0.25, 0.3) is 0 Å². The van der Waals surface area contributed by atoms with Gasteiger partial charge in [0, 0.05) is 12.0 Å². The molecule has 0 aromatic carbocycles. The minimum atomic E-state index is -1.51. The summed E-state index contributed by atoms with van der Waals surface area (Å²) in [5, 5.41) is 76.2. The van der Waals surface area contributed by atoms with Gasteiger partial charge in [0.1, 0.15) is 24.4 Å². The molecular weight excluding hydrogens is 576 g/mol. The average Bonchev–Trinajstić information content (AvgIpc) is 3.33. The highest BCUT2D eigenvalue weighted by molar-refractivity contribution is 5.21. The first-order chi connectivity index (χ1) is 20.9. The van der Waals surface area contributed by atoms with Gasteiger partial charge in [-0.05, 0) is 118 Å². The summed E-state index contributed by atoms with van der Waals surface area (Å²) in [6.45, 7) is 14.5. The SMILES string of the molecule is CC(C)=CCC[C@](C)(O[C@H]1O[C@@H](CO)[C@H](O)[C@@H](O)[C@@H]1O)[C@H]1CC[C@]2(C)[C@@H]1CC[C@@H]1[C@@]3(C)CC[C@H](O)C(C)(C)[C@@H]3[C@@H](O)C[C@]12CO. The Morgan fingerprint density at radius 3 is 2.22 bits per heavy atom. The first-order valence-electron chi connectivity index (χ1n) is 17.5. The zero-order valence-electron chi connectivity index (χ0n) is 28.7. The fourth-order valence-corrected chi connectivity index (χ4v) is 12.1. The lowest BCUT2D eigenvalue weighted by Gasteiger charge is -2.71. The lowest BCUT2D eigenvalue weighted by atomic mass is 9.34. The van der Waals surface area contributed by atoms with Crippen molar-refractivity contribution in [2.45, 2.75) is 155 Å². The number of aliphatic hydroxyl groups excluding tert-OH is 7. The van der Waals surface area contributed by atoms with Crippen molar-refractivity contribution in [1.29, 1.82) is 0 Å². The summed E-state index contributed by atoms with van der Waals surface area (Å²) in [5.74, 6) is 0.382. The quantitative estimate of drug-likeness (QED) is 0.198. The van der Waals surface area contributed by atoms with Crippen LogP contribution in [0.2, 0.25) is 0 Å². The first kappa shape index (κ1) is 35.7. The molecule has 260 valence electrons. The zero-order chi connectivity index (χ0) is 33.3. The van der Waals surface area contributed by atoms with Crippen molar-refractivity contribution in [3.05, 3.63) is 11.6 Å². The average molecular weight is 639 g/mol. The van der Waals surface area contributed by atoms with Gasteiger partial charge in [0.2, 0.25) is 0 Å². The van der Waals surface area contributed by atoms with Gasteiger partial charge in [0.15, 0.2) is 6.29 Å². The van der Waals surface area contributed by atoms with Crippen LogP contribution in [-0.2, 0) is 9.47 Å². The molecule has 9 nitrogen and oxygen atoms in total. The molecule has 5 fully saturated rings. The maximum absolute atomic E-state index is 12.0. The van der Waals surface area contributed by atoms with Crippen LogP contribution in [0.15, 0.2) is 11.6 Å². The minimum Gasteiger partial charge on any atom is -0.396 e. The van der Waals surface area contributed by atoms with Gasteiger partial charge in [-0.15, -0.1) is 0 Å². The van der Waals surface area contributed by atoms with E-state index in [4.69, 9.17) is 9.47 Å². The molecule has 0 aromatic rings. The highest BCUT2D eigenvalue weighted by Gasteiger charge is 2.73. The van der Waals surface area contributed by atoms with Crippen LogP contribution in [0.1, 0.15) is 106 Å². The Hall–Kier alpha value is -0.620. The molecule has 7 N–H and O–H groups in total. The second-order valence-corrected chi connectivity index (χ2v) is 17.2. The maximum atomic E-state index is 12.0. The fourth-order valence-electron chi connectivity index (χ4n) is 12.1. The Bertz CT molecular complexity index is 1090. The van der Waals surface area contributed by atoms with E-state index >= 15 is 0 Å². The van der Waals surface area contributed by atoms with E-state index < -0.39 is 66.0 Å². The molecule has 0 unspecified atom stereocenters. The van der Waals surface area contributed by atoms with E-state index in [9.17, 15) is 35.7 Å². The summed E-state index contributed by atoms with van der Waals surface area (Å²) >= 11 is 0. The number of fused-ring (bicyclic) bond motifs is 5. The second-order valence-electron chi connectivity index (χ2n) is 17.2. The van der Waals surface area contributed by atoms with E-state index in [-0.39, 0.29) is 41.1 Å².